The molecule has 0 aromatic heterocycles. The number of fused-ring (bicyclic) bond motifs is 1. The first-order chi connectivity index (χ1) is 7.25. The number of benzene rings is 1. The van der Waals surface area contributed by atoms with Crippen molar-refractivity contribution in [3.05, 3.63) is 35.4 Å². The Morgan fingerprint density at radius 3 is 2.73 bits per heavy atom. The first-order valence-corrected chi connectivity index (χ1v) is 4.94. The second kappa shape index (κ2) is 4.00. The summed E-state index contributed by atoms with van der Waals surface area (Å²) in [7, 11) is 0. The van der Waals surface area contributed by atoms with Crippen molar-refractivity contribution >= 4 is 5.91 Å². The van der Waals surface area contributed by atoms with E-state index < -0.39 is 6.23 Å². The quantitative estimate of drug-likeness (QED) is 0.759. The smallest absolute Gasteiger partial charge is 0.256 e. The maximum Gasteiger partial charge on any atom is 0.256 e. The van der Waals surface area contributed by atoms with Gasteiger partial charge in [0.1, 0.15) is 0 Å². The fraction of sp³-hybridized carbons (Fsp3) is 0.364. The molecule has 1 amide bonds. The summed E-state index contributed by atoms with van der Waals surface area (Å²) in [5.41, 5.74) is 1.21. The predicted molar refractivity (Wildman–Crippen MR) is 54.1 cm³/mol. The van der Waals surface area contributed by atoms with Gasteiger partial charge in [-0.05, 0) is 12.5 Å². The van der Waals surface area contributed by atoms with Gasteiger partial charge in [-0.15, -0.1) is 0 Å². The van der Waals surface area contributed by atoms with Crippen molar-refractivity contribution in [2.24, 2.45) is 0 Å². The van der Waals surface area contributed by atoms with Crippen LogP contribution in [-0.2, 0) is 0 Å². The molecule has 1 aliphatic rings. The Kier molecular flexibility index (Phi) is 2.70. The van der Waals surface area contributed by atoms with Gasteiger partial charge in [0.15, 0.2) is 6.23 Å². The van der Waals surface area contributed by atoms with E-state index in [1.54, 1.807) is 24.3 Å². The Morgan fingerprint density at radius 1 is 1.33 bits per heavy atom. The van der Waals surface area contributed by atoms with E-state index >= 15 is 0 Å². The van der Waals surface area contributed by atoms with Gasteiger partial charge in [0, 0.05) is 24.3 Å². The number of carbonyl (C=O) groups excluding carboxylic acids is 1. The summed E-state index contributed by atoms with van der Waals surface area (Å²) in [6.45, 7) is 0.401. The lowest BCUT2D eigenvalue weighted by atomic mass is 10.1. The van der Waals surface area contributed by atoms with Crippen LogP contribution in [0, 0.1) is 0 Å². The number of aliphatic hydroxyl groups is 2. The summed E-state index contributed by atoms with van der Waals surface area (Å²) >= 11 is 0. The van der Waals surface area contributed by atoms with E-state index in [4.69, 9.17) is 5.11 Å². The Morgan fingerprint density at radius 2 is 2.07 bits per heavy atom. The van der Waals surface area contributed by atoms with Crippen molar-refractivity contribution in [1.82, 2.24) is 4.90 Å². The second-order valence-corrected chi connectivity index (χ2v) is 3.54. The third kappa shape index (κ3) is 1.62. The molecule has 2 N–H and O–H groups in total. The normalized spacial score (nSPS) is 19.5. The molecule has 0 saturated carbocycles. The maximum atomic E-state index is 11.8. The Balaban J connectivity index is 2.25. The number of carbonyl (C=O) groups is 1. The van der Waals surface area contributed by atoms with Crippen LogP contribution in [0.25, 0.3) is 0 Å². The molecule has 0 bridgehead atoms. The van der Waals surface area contributed by atoms with E-state index in [9.17, 15) is 9.90 Å². The van der Waals surface area contributed by atoms with Gasteiger partial charge in [0.2, 0.25) is 0 Å². The van der Waals surface area contributed by atoms with Crippen LogP contribution in [0.5, 0.6) is 0 Å². The number of hydrogen-bond donors (Lipinski definition) is 2. The van der Waals surface area contributed by atoms with Gasteiger partial charge in [-0.3, -0.25) is 4.79 Å². The topological polar surface area (TPSA) is 60.8 Å². The third-order valence-corrected chi connectivity index (χ3v) is 2.58. The van der Waals surface area contributed by atoms with Gasteiger partial charge in [0.05, 0.1) is 0 Å². The number of amides is 1. The molecule has 4 nitrogen and oxygen atoms in total. The molecule has 2 rings (SSSR count). The minimum Gasteiger partial charge on any atom is -0.396 e. The molecule has 0 spiro atoms. The SMILES string of the molecule is O=C1c2ccccc2C(O)N1CCCO. The van der Waals surface area contributed by atoms with Crippen molar-refractivity contribution in [2.75, 3.05) is 13.2 Å². The molecule has 1 aromatic carbocycles. The zero-order chi connectivity index (χ0) is 10.8. The van der Waals surface area contributed by atoms with Gasteiger partial charge in [0.25, 0.3) is 5.91 Å². The molecular weight excluding hydrogens is 194 g/mol. The summed E-state index contributed by atoms with van der Waals surface area (Å²) < 4.78 is 0. The van der Waals surface area contributed by atoms with Gasteiger partial charge in [-0.1, -0.05) is 18.2 Å². The number of aliphatic hydroxyl groups excluding tert-OH is 2. The minimum atomic E-state index is -0.861. The molecule has 0 saturated heterocycles. The Hall–Kier alpha value is -1.39. The Bertz CT molecular complexity index is 378. The van der Waals surface area contributed by atoms with Crippen LogP contribution in [0.1, 0.15) is 28.6 Å². The third-order valence-electron chi connectivity index (χ3n) is 2.58. The molecule has 1 heterocycles. The van der Waals surface area contributed by atoms with Crippen LogP contribution >= 0.6 is 0 Å². The highest BCUT2D eigenvalue weighted by atomic mass is 16.3. The molecule has 1 unspecified atom stereocenters. The molecule has 1 atom stereocenters. The van der Waals surface area contributed by atoms with Crippen molar-refractivity contribution in [2.45, 2.75) is 12.6 Å². The zero-order valence-electron chi connectivity index (χ0n) is 8.26. The van der Waals surface area contributed by atoms with Crippen molar-refractivity contribution in [1.29, 1.82) is 0 Å². The Labute approximate surface area is 87.8 Å². The molecule has 0 fully saturated rings. The fourth-order valence-corrected chi connectivity index (χ4v) is 1.82. The lowest BCUT2D eigenvalue weighted by Gasteiger charge is -2.19. The van der Waals surface area contributed by atoms with Crippen LogP contribution in [0.4, 0.5) is 0 Å². The van der Waals surface area contributed by atoms with E-state index in [2.05, 4.69) is 0 Å². The summed E-state index contributed by atoms with van der Waals surface area (Å²) in [6.07, 6.45) is -0.378. The monoisotopic (exact) mass is 207 g/mol. The molecule has 0 aliphatic carbocycles. The molecule has 80 valence electrons. The first-order valence-electron chi connectivity index (χ1n) is 4.94. The van der Waals surface area contributed by atoms with Gasteiger partial charge < -0.3 is 15.1 Å². The van der Waals surface area contributed by atoms with Crippen molar-refractivity contribution < 1.29 is 15.0 Å². The van der Waals surface area contributed by atoms with E-state index in [-0.39, 0.29) is 12.5 Å². The first kappa shape index (κ1) is 10.1. The van der Waals surface area contributed by atoms with Gasteiger partial charge >= 0.3 is 0 Å². The lowest BCUT2D eigenvalue weighted by Crippen LogP contribution is -2.29. The molecular formula is C11H13NO3. The van der Waals surface area contributed by atoms with Gasteiger partial charge in [-0.2, -0.15) is 0 Å². The van der Waals surface area contributed by atoms with Crippen LogP contribution in [-0.4, -0.2) is 34.2 Å². The molecule has 0 radical (unpaired) electrons. The highest BCUT2D eigenvalue weighted by Crippen LogP contribution is 2.30. The maximum absolute atomic E-state index is 11.8. The van der Waals surface area contributed by atoms with Crippen molar-refractivity contribution in [3.63, 3.8) is 0 Å². The second-order valence-electron chi connectivity index (χ2n) is 3.54. The highest BCUT2D eigenvalue weighted by molar-refractivity contribution is 5.98. The lowest BCUT2D eigenvalue weighted by molar-refractivity contribution is 0.0155. The largest absolute Gasteiger partial charge is 0.396 e. The van der Waals surface area contributed by atoms with Crippen LogP contribution in [0.3, 0.4) is 0 Å². The molecule has 4 heteroatoms. The van der Waals surface area contributed by atoms with Crippen LogP contribution in [0.15, 0.2) is 24.3 Å². The summed E-state index contributed by atoms with van der Waals surface area (Å²) in [6, 6.07) is 7.03. The van der Waals surface area contributed by atoms with Gasteiger partial charge in [-0.25, -0.2) is 0 Å². The van der Waals surface area contributed by atoms with E-state index in [1.807, 2.05) is 0 Å². The highest BCUT2D eigenvalue weighted by Gasteiger charge is 2.34. The van der Waals surface area contributed by atoms with Crippen molar-refractivity contribution in [3.8, 4) is 0 Å². The molecule has 15 heavy (non-hydrogen) atoms. The summed E-state index contributed by atoms with van der Waals surface area (Å²) in [5, 5.41) is 18.6. The minimum absolute atomic E-state index is 0.0207. The van der Waals surface area contributed by atoms with Crippen LogP contribution in [0.2, 0.25) is 0 Å². The fourth-order valence-electron chi connectivity index (χ4n) is 1.82. The van der Waals surface area contributed by atoms with E-state index in [0.29, 0.717) is 24.1 Å². The molecule has 1 aromatic rings. The van der Waals surface area contributed by atoms with E-state index in [0.717, 1.165) is 0 Å². The number of rotatable bonds is 3. The summed E-state index contributed by atoms with van der Waals surface area (Å²) in [5.74, 6) is -0.161. The summed E-state index contributed by atoms with van der Waals surface area (Å²) in [4.78, 5) is 13.2. The average molecular weight is 207 g/mol. The molecule has 1 aliphatic heterocycles. The zero-order valence-corrected chi connectivity index (χ0v) is 8.26. The van der Waals surface area contributed by atoms with E-state index in [1.165, 1.54) is 4.90 Å². The van der Waals surface area contributed by atoms with Crippen LogP contribution < -0.4 is 0 Å². The standard InChI is InChI=1S/C11H13NO3/c13-7-3-6-12-10(14)8-4-1-2-5-9(8)11(12)15/h1-2,4-5,10,13-14H,3,6-7H2. The number of hydrogen-bond acceptors (Lipinski definition) is 3. The average Bonchev–Trinajstić information content (AvgIpc) is 2.51. The predicted octanol–water partition coefficient (Wildman–Crippen LogP) is 0.516. The number of nitrogens with zero attached hydrogens (tertiary/aromatic N) is 1.